The van der Waals surface area contributed by atoms with E-state index < -0.39 is 17.2 Å². The summed E-state index contributed by atoms with van der Waals surface area (Å²) in [4.78, 5) is 30.7. The van der Waals surface area contributed by atoms with Crippen LogP contribution in [0.2, 0.25) is 5.02 Å². The Morgan fingerprint density at radius 2 is 2.15 bits per heavy atom. The molecule has 2 heterocycles. The molecule has 9 heteroatoms. The van der Waals surface area contributed by atoms with Gasteiger partial charge >= 0.3 is 0 Å². The Balaban J connectivity index is 2.50. The number of H-pyrrole nitrogens is 1. The van der Waals surface area contributed by atoms with Crippen molar-refractivity contribution in [2.45, 2.75) is 0 Å². The first-order valence-corrected chi connectivity index (χ1v) is 5.75. The highest BCUT2D eigenvalue weighted by Gasteiger charge is 2.22. The molecular weight excluding hydrogens is 289 g/mol. The molecule has 3 rings (SSSR count). The van der Waals surface area contributed by atoms with E-state index in [2.05, 4.69) is 20.2 Å². The van der Waals surface area contributed by atoms with Gasteiger partial charge in [0, 0.05) is 5.56 Å². The first-order valence-electron chi connectivity index (χ1n) is 5.37. The lowest BCUT2D eigenvalue weighted by molar-refractivity contribution is 0.631. The second kappa shape index (κ2) is 4.49. The van der Waals surface area contributed by atoms with Crippen LogP contribution >= 0.6 is 11.6 Å². The number of aromatic nitrogens is 4. The number of nitroso groups, excluding NO2 is 1. The van der Waals surface area contributed by atoms with Crippen LogP contribution in [-0.4, -0.2) is 19.6 Å². The highest BCUT2D eigenvalue weighted by atomic mass is 35.5. The Morgan fingerprint density at radius 3 is 2.85 bits per heavy atom. The molecule has 1 aromatic carbocycles. The molecule has 2 aromatic heterocycles. The Labute approximate surface area is 115 Å². The summed E-state index contributed by atoms with van der Waals surface area (Å²) in [7, 11) is 0. The number of hydrogen-bond donors (Lipinski definition) is 1. The van der Waals surface area contributed by atoms with Crippen LogP contribution in [0.15, 0.2) is 34.5 Å². The van der Waals surface area contributed by atoms with Gasteiger partial charge in [-0.15, -0.1) is 4.91 Å². The summed E-state index contributed by atoms with van der Waals surface area (Å²) in [6.45, 7) is 0. The largest absolute Gasteiger partial charge is 0.284 e. The van der Waals surface area contributed by atoms with Crippen LogP contribution in [0.25, 0.3) is 16.9 Å². The summed E-state index contributed by atoms with van der Waals surface area (Å²) < 4.78 is 14.9. The van der Waals surface area contributed by atoms with Crippen LogP contribution in [0.3, 0.4) is 0 Å². The average molecular weight is 294 g/mol. The number of nitrogens with one attached hydrogen (secondary N) is 1. The normalized spacial score (nSPS) is 10.9. The molecule has 0 fully saturated rings. The average Bonchev–Trinajstić information content (AvgIpc) is 2.89. The van der Waals surface area contributed by atoms with Gasteiger partial charge in [-0.25, -0.2) is 9.37 Å². The van der Waals surface area contributed by atoms with Crippen LogP contribution in [0.4, 0.5) is 10.2 Å². The fraction of sp³-hybridized carbons (Fsp3) is 0. The molecule has 0 radical (unpaired) electrons. The maximum atomic E-state index is 13.9. The Hall–Kier alpha value is -2.61. The summed E-state index contributed by atoms with van der Waals surface area (Å²) in [6.07, 6.45) is 1.21. The second-order valence-electron chi connectivity index (χ2n) is 3.83. The highest BCUT2D eigenvalue weighted by Crippen LogP contribution is 2.33. The molecule has 0 aliphatic carbocycles. The predicted molar refractivity (Wildman–Crippen MR) is 69.5 cm³/mol. The number of halogens is 2. The van der Waals surface area contributed by atoms with E-state index in [0.29, 0.717) is 0 Å². The summed E-state index contributed by atoms with van der Waals surface area (Å²) >= 11 is 5.90. The van der Waals surface area contributed by atoms with Crippen molar-refractivity contribution in [1.29, 1.82) is 0 Å². The topological polar surface area (TPSA) is 92.5 Å². The lowest BCUT2D eigenvalue weighted by Crippen LogP contribution is -2.18. The number of fused-ring (bicyclic) bond motifs is 1. The molecular formula is C11H5ClFN5O2. The van der Waals surface area contributed by atoms with Gasteiger partial charge in [0.05, 0.1) is 5.02 Å². The van der Waals surface area contributed by atoms with Gasteiger partial charge in [0.25, 0.3) is 11.3 Å². The highest BCUT2D eigenvalue weighted by molar-refractivity contribution is 6.33. The molecule has 0 saturated carbocycles. The Bertz CT molecular complexity index is 868. The molecule has 0 amide bonds. The van der Waals surface area contributed by atoms with Crippen molar-refractivity contribution in [2.75, 3.05) is 0 Å². The van der Waals surface area contributed by atoms with Gasteiger partial charge in [-0.05, 0) is 17.3 Å². The van der Waals surface area contributed by atoms with Gasteiger partial charge < -0.3 is 0 Å². The first-order chi connectivity index (χ1) is 9.63. The van der Waals surface area contributed by atoms with Crippen molar-refractivity contribution in [3.8, 4) is 11.1 Å². The fourth-order valence-electron chi connectivity index (χ4n) is 1.87. The number of benzene rings is 1. The van der Waals surface area contributed by atoms with Crippen molar-refractivity contribution in [3.05, 3.63) is 50.6 Å². The number of hydrogen-bond acceptors (Lipinski definition) is 5. The van der Waals surface area contributed by atoms with Crippen LogP contribution in [0.1, 0.15) is 0 Å². The minimum Gasteiger partial charge on any atom is -0.278 e. The maximum absolute atomic E-state index is 13.9. The van der Waals surface area contributed by atoms with E-state index in [1.54, 1.807) is 0 Å². The molecule has 1 N–H and O–H groups in total. The lowest BCUT2D eigenvalue weighted by atomic mass is 10.1. The Morgan fingerprint density at radius 1 is 1.35 bits per heavy atom. The van der Waals surface area contributed by atoms with Crippen LogP contribution in [0, 0.1) is 10.7 Å². The summed E-state index contributed by atoms with van der Waals surface area (Å²) in [6, 6.07) is 3.90. The van der Waals surface area contributed by atoms with E-state index in [4.69, 9.17) is 11.6 Å². The minimum absolute atomic E-state index is 0.0201. The minimum atomic E-state index is -0.749. The fourth-order valence-corrected chi connectivity index (χ4v) is 2.13. The third kappa shape index (κ3) is 1.69. The Kier molecular flexibility index (Phi) is 2.79. The molecule has 3 aromatic rings. The number of nitrogens with zero attached hydrogens (tertiary/aromatic N) is 4. The molecule has 0 spiro atoms. The van der Waals surface area contributed by atoms with E-state index in [9.17, 15) is 14.1 Å². The lowest BCUT2D eigenvalue weighted by Gasteiger charge is -2.06. The molecule has 0 aliphatic rings. The quantitative estimate of drug-likeness (QED) is 0.734. The van der Waals surface area contributed by atoms with E-state index in [1.807, 2.05) is 0 Å². The molecule has 7 nitrogen and oxygen atoms in total. The maximum Gasteiger partial charge on any atom is 0.284 e. The van der Waals surface area contributed by atoms with Gasteiger partial charge in [-0.1, -0.05) is 17.7 Å². The molecule has 100 valence electrons. The SMILES string of the molecule is O=Nc1nc2nc[nH]n2c(=O)c1-c1c(F)cccc1Cl. The first kappa shape index (κ1) is 12.4. The molecule has 0 aliphatic heterocycles. The molecule has 0 saturated heterocycles. The van der Waals surface area contributed by atoms with Gasteiger partial charge in [0.1, 0.15) is 17.7 Å². The summed E-state index contributed by atoms with van der Waals surface area (Å²) in [5.74, 6) is -1.25. The number of aromatic amines is 1. The van der Waals surface area contributed by atoms with Gasteiger partial charge in [-0.2, -0.15) is 9.50 Å². The van der Waals surface area contributed by atoms with E-state index in [0.717, 1.165) is 10.6 Å². The zero-order chi connectivity index (χ0) is 14.3. The third-order valence-corrected chi connectivity index (χ3v) is 3.03. The van der Waals surface area contributed by atoms with Gasteiger partial charge in [0.15, 0.2) is 0 Å². The second-order valence-corrected chi connectivity index (χ2v) is 4.23. The van der Waals surface area contributed by atoms with E-state index >= 15 is 0 Å². The van der Waals surface area contributed by atoms with Crippen molar-refractivity contribution in [3.63, 3.8) is 0 Å². The molecule has 0 unspecified atom stereocenters. The number of rotatable bonds is 2. The van der Waals surface area contributed by atoms with Crippen molar-refractivity contribution < 1.29 is 4.39 Å². The van der Waals surface area contributed by atoms with Crippen LogP contribution in [0.5, 0.6) is 0 Å². The van der Waals surface area contributed by atoms with Crippen molar-refractivity contribution >= 4 is 23.2 Å². The smallest absolute Gasteiger partial charge is 0.278 e. The summed E-state index contributed by atoms with van der Waals surface area (Å²) in [5.41, 5.74) is -1.25. The van der Waals surface area contributed by atoms with E-state index in [1.165, 1.54) is 18.5 Å². The van der Waals surface area contributed by atoms with Gasteiger partial charge in [-0.3, -0.25) is 9.89 Å². The van der Waals surface area contributed by atoms with Crippen LogP contribution < -0.4 is 5.56 Å². The zero-order valence-electron chi connectivity index (χ0n) is 9.67. The van der Waals surface area contributed by atoms with Crippen molar-refractivity contribution in [1.82, 2.24) is 19.6 Å². The third-order valence-electron chi connectivity index (χ3n) is 2.71. The molecule has 20 heavy (non-hydrogen) atoms. The zero-order valence-corrected chi connectivity index (χ0v) is 10.4. The van der Waals surface area contributed by atoms with Crippen LogP contribution in [-0.2, 0) is 0 Å². The summed E-state index contributed by atoms with van der Waals surface area (Å²) in [5, 5.41) is 5.16. The van der Waals surface area contributed by atoms with Gasteiger partial charge in [0.2, 0.25) is 5.82 Å². The van der Waals surface area contributed by atoms with Crippen molar-refractivity contribution in [2.24, 2.45) is 5.18 Å². The van der Waals surface area contributed by atoms with E-state index in [-0.39, 0.29) is 21.9 Å². The standard InChI is InChI=1S/C11H5ClFN5O2/c12-5-2-1-3-6(13)7(5)8-9(17-20)16-11-14-4-15-18(11)10(8)19/h1-4H,(H,14,15,16). The predicted octanol–water partition coefficient (Wildman–Crippen LogP) is 2.28. The molecule has 0 bridgehead atoms. The monoisotopic (exact) mass is 293 g/mol. The molecule has 0 atom stereocenters.